The lowest BCUT2D eigenvalue weighted by Gasteiger charge is -2.13. The van der Waals surface area contributed by atoms with Crippen LogP contribution in [0.15, 0.2) is 53.5 Å². The maximum Gasteiger partial charge on any atom is 0.343 e. The van der Waals surface area contributed by atoms with Gasteiger partial charge in [0.25, 0.3) is 0 Å². The van der Waals surface area contributed by atoms with E-state index < -0.39 is 17.2 Å². The molecule has 0 unspecified atom stereocenters. The largest absolute Gasteiger partial charge is 0.465 e. The second-order valence-electron chi connectivity index (χ2n) is 5.26. The van der Waals surface area contributed by atoms with Crippen molar-refractivity contribution in [1.82, 2.24) is 4.57 Å². The van der Waals surface area contributed by atoms with Gasteiger partial charge in [-0.2, -0.15) is 0 Å². The third-order valence-corrected chi connectivity index (χ3v) is 4.01. The van der Waals surface area contributed by atoms with Crippen LogP contribution in [0.1, 0.15) is 15.9 Å². The molecular formula is C18H13ClFNO3. The van der Waals surface area contributed by atoms with Crippen LogP contribution < -0.4 is 5.43 Å². The van der Waals surface area contributed by atoms with E-state index in [1.165, 1.54) is 19.4 Å². The quantitative estimate of drug-likeness (QED) is 0.681. The van der Waals surface area contributed by atoms with E-state index in [2.05, 4.69) is 4.74 Å². The van der Waals surface area contributed by atoms with E-state index in [1.807, 2.05) is 30.3 Å². The van der Waals surface area contributed by atoms with Crippen molar-refractivity contribution in [2.24, 2.45) is 0 Å². The molecule has 0 bridgehead atoms. The average Bonchev–Trinajstić information content (AvgIpc) is 2.59. The number of rotatable bonds is 3. The number of hydrogen-bond donors (Lipinski definition) is 0. The predicted octanol–water partition coefficient (Wildman–Crippen LogP) is 3.63. The van der Waals surface area contributed by atoms with E-state index in [9.17, 15) is 14.0 Å². The van der Waals surface area contributed by atoms with Crippen molar-refractivity contribution in [1.29, 1.82) is 0 Å². The van der Waals surface area contributed by atoms with Gasteiger partial charge in [-0.1, -0.05) is 41.9 Å². The van der Waals surface area contributed by atoms with Crippen molar-refractivity contribution < 1.29 is 13.9 Å². The Morgan fingerprint density at radius 3 is 2.62 bits per heavy atom. The number of hydrogen-bond acceptors (Lipinski definition) is 3. The summed E-state index contributed by atoms with van der Waals surface area (Å²) in [5.74, 6) is -1.48. The number of pyridine rings is 1. The molecule has 3 rings (SSSR count). The number of methoxy groups -OCH3 is 1. The fourth-order valence-corrected chi connectivity index (χ4v) is 2.71. The Kier molecular flexibility index (Phi) is 4.36. The topological polar surface area (TPSA) is 48.3 Å². The monoisotopic (exact) mass is 345 g/mol. The molecular weight excluding hydrogens is 333 g/mol. The highest BCUT2D eigenvalue weighted by atomic mass is 35.5. The van der Waals surface area contributed by atoms with Crippen molar-refractivity contribution in [3.8, 4) is 0 Å². The van der Waals surface area contributed by atoms with E-state index in [1.54, 1.807) is 4.57 Å². The molecule has 1 aromatic heterocycles. The molecule has 0 atom stereocenters. The standard InChI is InChI=1S/C18H13ClFNO3/c1-24-18(23)13-10-21(9-11-5-3-2-4-6-11)16-8-14(19)15(20)7-12(16)17(13)22/h2-8,10H,9H2,1H3. The van der Waals surface area contributed by atoms with E-state index in [0.717, 1.165) is 11.6 Å². The molecule has 4 nitrogen and oxygen atoms in total. The van der Waals surface area contributed by atoms with Crippen LogP contribution in [0.4, 0.5) is 4.39 Å². The van der Waals surface area contributed by atoms with Crippen LogP contribution in [0.2, 0.25) is 5.02 Å². The number of fused-ring (bicyclic) bond motifs is 1. The van der Waals surface area contributed by atoms with Crippen LogP contribution >= 0.6 is 11.6 Å². The Morgan fingerprint density at radius 1 is 1.25 bits per heavy atom. The van der Waals surface area contributed by atoms with Gasteiger partial charge in [-0.25, -0.2) is 9.18 Å². The number of carbonyl (C=O) groups excluding carboxylic acids is 1. The first-order valence-corrected chi connectivity index (χ1v) is 7.53. The Balaban J connectivity index is 2.29. The van der Waals surface area contributed by atoms with Gasteiger partial charge in [0.2, 0.25) is 5.43 Å². The molecule has 3 aromatic rings. The number of benzene rings is 2. The van der Waals surface area contributed by atoms with Gasteiger partial charge in [0.15, 0.2) is 0 Å². The minimum absolute atomic E-state index is 0.0794. The molecule has 122 valence electrons. The number of nitrogens with zero attached hydrogens (tertiary/aromatic N) is 1. The summed E-state index contributed by atoms with van der Waals surface area (Å²) in [5.41, 5.74) is 0.668. The van der Waals surface area contributed by atoms with E-state index in [-0.39, 0.29) is 16.0 Å². The molecule has 0 spiro atoms. The molecule has 0 amide bonds. The van der Waals surface area contributed by atoms with Crippen LogP contribution in [0, 0.1) is 5.82 Å². The average molecular weight is 346 g/mol. The number of ether oxygens (including phenoxy) is 1. The van der Waals surface area contributed by atoms with Gasteiger partial charge < -0.3 is 9.30 Å². The van der Waals surface area contributed by atoms with E-state index in [0.29, 0.717) is 12.1 Å². The molecule has 0 aliphatic rings. The second kappa shape index (κ2) is 6.45. The number of halogens is 2. The van der Waals surface area contributed by atoms with Gasteiger partial charge in [0.1, 0.15) is 11.4 Å². The van der Waals surface area contributed by atoms with Gasteiger partial charge in [-0.15, -0.1) is 0 Å². The van der Waals surface area contributed by atoms with Gasteiger partial charge >= 0.3 is 5.97 Å². The van der Waals surface area contributed by atoms with Crippen LogP contribution in [0.3, 0.4) is 0 Å². The molecule has 0 aliphatic heterocycles. The van der Waals surface area contributed by atoms with E-state index in [4.69, 9.17) is 11.6 Å². The molecule has 0 N–H and O–H groups in total. The molecule has 1 heterocycles. The first-order chi connectivity index (χ1) is 11.5. The highest BCUT2D eigenvalue weighted by Gasteiger charge is 2.17. The smallest absolute Gasteiger partial charge is 0.343 e. The SMILES string of the molecule is COC(=O)c1cn(Cc2ccccc2)c2cc(Cl)c(F)cc2c1=O. The summed E-state index contributed by atoms with van der Waals surface area (Å²) in [5, 5.41) is -0.00902. The summed E-state index contributed by atoms with van der Waals surface area (Å²) in [6.45, 7) is 0.392. The van der Waals surface area contributed by atoms with Crippen LogP contribution in [0.5, 0.6) is 0 Å². The van der Waals surface area contributed by atoms with Gasteiger partial charge in [0.05, 0.1) is 17.6 Å². The van der Waals surface area contributed by atoms with Crippen molar-refractivity contribution in [2.45, 2.75) is 6.54 Å². The summed E-state index contributed by atoms with van der Waals surface area (Å²) in [7, 11) is 1.19. The zero-order valence-electron chi connectivity index (χ0n) is 12.8. The Morgan fingerprint density at radius 2 is 1.96 bits per heavy atom. The van der Waals surface area contributed by atoms with Gasteiger partial charge in [-0.05, 0) is 17.7 Å². The second-order valence-corrected chi connectivity index (χ2v) is 5.67. The third kappa shape index (κ3) is 2.90. The predicted molar refractivity (Wildman–Crippen MR) is 90.1 cm³/mol. The zero-order valence-corrected chi connectivity index (χ0v) is 13.5. The lowest BCUT2D eigenvalue weighted by atomic mass is 10.1. The maximum absolute atomic E-state index is 13.8. The van der Waals surface area contributed by atoms with Crippen molar-refractivity contribution in [2.75, 3.05) is 7.11 Å². The van der Waals surface area contributed by atoms with Crippen LogP contribution in [0.25, 0.3) is 10.9 Å². The van der Waals surface area contributed by atoms with Crippen molar-refractivity contribution in [3.05, 3.63) is 80.9 Å². The third-order valence-electron chi connectivity index (χ3n) is 3.72. The maximum atomic E-state index is 13.8. The molecule has 0 radical (unpaired) electrons. The summed E-state index contributed by atoms with van der Waals surface area (Å²) in [6.07, 6.45) is 1.41. The fourth-order valence-electron chi connectivity index (χ4n) is 2.55. The Hall–Kier alpha value is -2.66. The summed E-state index contributed by atoms with van der Waals surface area (Å²) in [4.78, 5) is 24.4. The molecule has 0 saturated carbocycles. The first kappa shape index (κ1) is 16.2. The minimum Gasteiger partial charge on any atom is -0.465 e. The Labute approximate surface area is 142 Å². The highest BCUT2D eigenvalue weighted by Crippen LogP contribution is 2.22. The van der Waals surface area contributed by atoms with Gasteiger partial charge in [0, 0.05) is 18.1 Å². The fraction of sp³-hybridized carbons (Fsp3) is 0.111. The molecule has 0 fully saturated rings. The van der Waals surface area contributed by atoms with E-state index >= 15 is 0 Å². The van der Waals surface area contributed by atoms with Crippen molar-refractivity contribution >= 4 is 28.5 Å². The summed E-state index contributed by atoms with van der Waals surface area (Å²) >= 11 is 5.86. The summed E-state index contributed by atoms with van der Waals surface area (Å²) in [6, 6.07) is 11.9. The van der Waals surface area contributed by atoms with Crippen LogP contribution in [-0.2, 0) is 11.3 Å². The normalized spacial score (nSPS) is 10.8. The lowest BCUT2D eigenvalue weighted by Crippen LogP contribution is -2.20. The zero-order chi connectivity index (χ0) is 17.3. The highest BCUT2D eigenvalue weighted by molar-refractivity contribution is 6.31. The number of carbonyl (C=O) groups is 1. The van der Waals surface area contributed by atoms with Gasteiger partial charge in [-0.3, -0.25) is 4.79 Å². The number of aromatic nitrogens is 1. The van der Waals surface area contributed by atoms with Crippen LogP contribution in [-0.4, -0.2) is 17.6 Å². The molecule has 2 aromatic carbocycles. The lowest BCUT2D eigenvalue weighted by molar-refractivity contribution is 0.0598. The van der Waals surface area contributed by atoms with Crippen molar-refractivity contribution in [3.63, 3.8) is 0 Å². The molecule has 0 aliphatic carbocycles. The molecule has 0 saturated heterocycles. The first-order valence-electron chi connectivity index (χ1n) is 7.15. The Bertz CT molecular complexity index is 983. The molecule has 6 heteroatoms. The summed E-state index contributed by atoms with van der Waals surface area (Å²) < 4.78 is 20.1. The number of esters is 1. The minimum atomic E-state index is -0.765. The molecule has 24 heavy (non-hydrogen) atoms.